The number of methoxy groups -OCH3 is 1. The minimum Gasteiger partial charge on any atom is -0.495 e. The predicted octanol–water partition coefficient (Wildman–Crippen LogP) is 2.85. The monoisotopic (exact) mass is 490 g/mol. The Morgan fingerprint density at radius 3 is 2.58 bits per heavy atom. The lowest BCUT2D eigenvalue weighted by atomic mass is 10.0. The number of morpholine rings is 1. The minimum atomic E-state index is -3.76. The van der Waals surface area contributed by atoms with Gasteiger partial charge in [-0.1, -0.05) is 17.7 Å². The molecule has 0 saturated carbocycles. The average Bonchev–Trinajstić information content (AvgIpc) is 3.22. The van der Waals surface area contributed by atoms with Gasteiger partial charge in [0.05, 0.1) is 30.2 Å². The maximum Gasteiger partial charge on any atom is 0.240 e. The maximum absolute atomic E-state index is 12.9. The lowest BCUT2D eigenvalue weighted by molar-refractivity contribution is 0.0171. The summed E-state index contributed by atoms with van der Waals surface area (Å²) in [6, 6.07) is 9.89. The Morgan fingerprint density at radius 2 is 1.87 bits per heavy atom. The molecule has 0 aromatic heterocycles. The van der Waals surface area contributed by atoms with Gasteiger partial charge < -0.3 is 18.9 Å². The van der Waals surface area contributed by atoms with Crippen LogP contribution >= 0.6 is 24.0 Å². The van der Waals surface area contributed by atoms with Crippen molar-refractivity contribution in [1.82, 2.24) is 9.62 Å². The van der Waals surface area contributed by atoms with Crippen molar-refractivity contribution in [3.8, 4) is 17.2 Å². The Bertz CT molecular complexity index is 1010. The van der Waals surface area contributed by atoms with Crippen LogP contribution in [-0.2, 0) is 14.8 Å². The van der Waals surface area contributed by atoms with Crippen LogP contribution in [0, 0.1) is 0 Å². The number of rotatable bonds is 7. The highest BCUT2D eigenvalue weighted by molar-refractivity contribution is 7.89. The first-order chi connectivity index (χ1) is 14.5. The molecule has 170 valence electrons. The van der Waals surface area contributed by atoms with Gasteiger partial charge in [-0.2, -0.15) is 0 Å². The summed E-state index contributed by atoms with van der Waals surface area (Å²) in [4.78, 5) is 2.28. The SMILES string of the molecule is COc1ccc(S(=O)(=O)NCC(c2ccc3c(c2)OCO3)N2CCOCC2)cc1Cl.Cl. The molecule has 0 spiro atoms. The molecule has 8 nitrogen and oxygen atoms in total. The first kappa shape index (κ1) is 23.9. The summed E-state index contributed by atoms with van der Waals surface area (Å²) >= 11 is 6.10. The standard InChI is InChI=1S/C20H23ClN2O6S.ClH/c1-26-18-5-3-15(11-16(18)21)30(24,25)22-12-17(23-6-8-27-9-7-23)14-2-4-19-20(10-14)29-13-28-19;/h2-5,10-11,17,22H,6-9,12-13H2,1H3;1H. The number of sulfonamides is 1. The van der Waals surface area contributed by atoms with Gasteiger partial charge in [-0.05, 0) is 35.9 Å². The fourth-order valence-electron chi connectivity index (χ4n) is 3.55. The van der Waals surface area contributed by atoms with Crippen LogP contribution < -0.4 is 18.9 Å². The normalized spacial score (nSPS) is 17.1. The van der Waals surface area contributed by atoms with Crippen molar-refractivity contribution in [3.63, 3.8) is 0 Å². The fourth-order valence-corrected chi connectivity index (χ4v) is 4.94. The van der Waals surface area contributed by atoms with E-state index in [1.807, 2.05) is 18.2 Å². The molecule has 2 heterocycles. The van der Waals surface area contributed by atoms with Gasteiger partial charge in [0.15, 0.2) is 11.5 Å². The first-order valence-electron chi connectivity index (χ1n) is 9.52. The smallest absolute Gasteiger partial charge is 0.240 e. The molecule has 4 rings (SSSR count). The Morgan fingerprint density at radius 1 is 1.13 bits per heavy atom. The summed E-state index contributed by atoms with van der Waals surface area (Å²) in [7, 11) is -2.29. The molecule has 0 bridgehead atoms. The molecule has 1 fully saturated rings. The molecular weight excluding hydrogens is 467 g/mol. The Hall–Kier alpha value is -1.75. The topological polar surface area (TPSA) is 86.3 Å². The van der Waals surface area contributed by atoms with Crippen molar-refractivity contribution >= 4 is 34.0 Å². The van der Waals surface area contributed by atoms with Gasteiger partial charge >= 0.3 is 0 Å². The van der Waals surface area contributed by atoms with Crippen LogP contribution in [-0.4, -0.2) is 60.1 Å². The second kappa shape index (κ2) is 10.2. The molecule has 1 saturated heterocycles. The highest BCUT2D eigenvalue weighted by atomic mass is 35.5. The highest BCUT2D eigenvalue weighted by Crippen LogP contribution is 2.35. The van der Waals surface area contributed by atoms with Crippen LogP contribution in [0.4, 0.5) is 0 Å². The van der Waals surface area contributed by atoms with E-state index in [2.05, 4.69) is 9.62 Å². The van der Waals surface area contributed by atoms with Crippen molar-refractivity contribution < 1.29 is 27.4 Å². The molecule has 0 aliphatic carbocycles. The van der Waals surface area contributed by atoms with Gasteiger partial charge in [0.2, 0.25) is 16.8 Å². The van der Waals surface area contributed by atoms with Crippen LogP contribution in [0.2, 0.25) is 5.02 Å². The van der Waals surface area contributed by atoms with Crippen molar-refractivity contribution in [2.75, 3.05) is 46.8 Å². The zero-order valence-corrected chi connectivity index (χ0v) is 19.3. The molecule has 2 aliphatic rings. The van der Waals surface area contributed by atoms with E-state index in [9.17, 15) is 8.42 Å². The Kier molecular flexibility index (Phi) is 7.90. The molecule has 1 unspecified atom stereocenters. The van der Waals surface area contributed by atoms with E-state index in [4.69, 9.17) is 30.5 Å². The second-order valence-electron chi connectivity index (χ2n) is 6.93. The number of hydrogen-bond acceptors (Lipinski definition) is 7. The van der Waals surface area contributed by atoms with Crippen molar-refractivity contribution in [2.45, 2.75) is 10.9 Å². The largest absolute Gasteiger partial charge is 0.495 e. The molecular formula is C20H24Cl2N2O6S. The summed E-state index contributed by atoms with van der Waals surface area (Å²) < 4.78 is 49.9. The Labute approximate surface area is 192 Å². The Balaban J connectivity index is 0.00000272. The quantitative estimate of drug-likeness (QED) is 0.638. The van der Waals surface area contributed by atoms with Gasteiger partial charge in [0.1, 0.15) is 5.75 Å². The number of fused-ring (bicyclic) bond motifs is 1. The van der Waals surface area contributed by atoms with Crippen molar-refractivity contribution in [2.24, 2.45) is 0 Å². The van der Waals surface area contributed by atoms with Gasteiger partial charge in [-0.15, -0.1) is 12.4 Å². The summed E-state index contributed by atoms with van der Waals surface area (Å²) in [6.45, 7) is 2.98. The molecule has 2 aliphatic heterocycles. The minimum absolute atomic E-state index is 0. The van der Waals surface area contributed by atoms with Crippen LogP contribution in [0.25, 0.3) is 0 Å². The van der Waals surface area contributed by atoms with Crippen molar-refractivity contribution in [1.29, 1.82) is 0 Å². The summed E-state index contributed by atoms with van der Waals surface area (Å²) in [5, 5.41) is 0.237. The number of benzene rings is 2. The first-order valence-corrected chi connectivity index (χ1v) is 11.4. The molecule has 0 radical (unpaired) electrons. The highest BCUT2D eigenvalue weighted by Gasteiger charge is 2.27. The lowest BCUT2D eigenvalue weighted by Crippen LogP contribution is -2.43. The fraction of sp³-hybridized carbons (Fsp3) is 0.400. The zero-order chi connectivity index (χ0) is 21.1. The van der Waals surface area contributed by atoms with Gasteiger partial charge in [-0.3, -0.25) is 4.90 Å². The van der Waals surface area contributed by atoms with E-state index in [1.165, 1.54) is 25.3 Å². The van der Waals surface area contributed by atoms with Crippen LogP contribution in [0.5, 0.6) is 17.2 Å². The third kappa shape index (κ3) is 5.36. The van der Waals surface area contributed by atoms with Gasteiger partial charge in [0, 0.05) is 25.7 Å². The van der Waals surface area contributed by atoms with Gasteiger partial charge in [-0.25, -0.2) is 13.1 Å². The van der Waals surface area contributed by atoms with E-state index >= 15 is 0 Å². The summed E-state index contributed by atoms with van der Waals surface area (Å²) in [5.74, 6) is 1.77. The molecule has 2 aromatic rings. The third-order valence-electron chi connectivity index (χ3n) is 5.17. The van der Waals surface area contributed by atoms with Crippen LogP contribution in [0.1, 0.15) is 11.6 Å². The van der Waals surface area contributed by atoms with Crippen LogP contribution in [0.15, 0.2) is 41.3 Å². The average molecular weight is 491 g/mol. The second-order valence-corrected chi connectivity index (χ2v) is 9.10. The maximum atomic E-state index is 12.9. The number of nitrogens with one attached hydrogen (secondary N) is 1. The van der Waals surface area contributed by atoms with E-state index < -0.39 is 10.0 Å². The number of hydrogen-bond donors (Lipinski definition) is 1. The zero-order valence-electron chi connectivity index (χ0n) is 16.9. The molecule has 0 amide bonds. The third-order valence-corrected chi connectivity index (χ3v) is 6.88. The summed E-state index contributed by atoms with van der Waals surface area (Å²) in [5.41, 5.74) is 0.941. The van der Waals surface area contributed by atoms with Crippen molar-refractivity contribution in [3.05, 3.63) is 47.0 Å². The summed E-state index contributed by atoms with van der Waals surface area (Å²) in [6.07, 6.45) is 0. The van der Waals surface area contributed by atoms with Gasteiger partial charge in [0.25, 0.3) is 0 Å². The lowest BCUT2D eigenvalue weighted by Gasteiger charge is -2.35. The van der Waals surface area contributed by atoms with E-state index in [1.54, 1.807) is 0 Å². The molecule has 1 N–H and O–H groups in total. The number of ether oxygens (including phenoxy) is 4. The molecule has 31 heavy (non-hydrogen) atoms. The molecule has 1 atom stereocenters. The van der Waals surface area contributed by atoms with Crippen LogP contribution in [0.3, 0.4) is 0 Å². The van der Waals surface area contributed by atoms with E-state index in [0.717, 1.165) is 5.56 Å². The number of nitrogens with zero attached hydrogens (tertiary/aromatic N) is 1. The molecule has 11 heteroatoms. The predicted molar refractivity (Wildman–Crippen MR) is 118 cm³/mol. The van der Waals surface area contributed by atoms with E-state index in [0.29, 0.717) is 43.6 Å². The van der Waals surface area contributed by atoms with E-state index in [-0.39, 0.29) is 41.7 Å². The number of halogens is 2. The molecule has 2 aromatic carbocycles.